The van der Waals surface area contributed by atoms with Crippen LogP contribution in [0, 0.1) is 0 Å². The molecule has 2 rings (SSSR count). The average Bonchev–Trinajstić information content (AvgIpc) is 2.17. The van der Waals surface area contributed by atoms with E-state index in [1.807, 2.05) is 12.1 Å². The first-order chi connectivity index (χ1) is 6.70. The molecule has 2 aromatic rings. The maximum atomic E-state index is 10.9. The van der Waals surface area contributed by atoms with Gasteiger partial charge in [-0.05, 0) is 17.5 Å². The summed E-state index contributed by atoms with van der Waals surface area (Å²) in [5.41, 5.74) is 0.244. The van der Waals surface area contributed by atoms with Crippen LogP contribution in [0.15, 0.2) is 36.4 Å². The molecule has 2 nitrogen and oxygen atoms in total. The molecular weight excluding hydrogens is 314 g/mol. The van der Waals surface area contributed by atoms with Crippen molar-refractivity contribution < 1.29 is 9.90 Å². The summed E-state index contributed by atoms with van der Waals surface area (Å²) in [7, 11) is 0. The van der Waals surface area contributed by atoms with Crippen molar-refractivity contribution in [2.75, 3.05) is 0 Å². The Morgan fingerprint density at radius 1 is 1.13 bits per heavy atom. The van der Waals surface area contributed by atoms with Crippen molar-refractivity contribution >= 4 is 54.2 Å². The van der Waals surface area contributed by atoms with Gasteiger partial charge in [-0.25, -0.2) is 4.79 Å². The van der Waals surface area contributed by atoms with E-state index < -0.39 is 5.97 Å². The Labute approximate surface area is 111 Å². The minimum absolute atomic E-state index is 0. The van der Waals surface area contributed by atoms with Crippen LogP contribution in [0.25, 0.3) is 10.8 Å². The van der Waals surface area contributed by atoms with E-state index in [-0.39, 0.29) is 31.4 Å². The molecule has 0 unspecified atom stereocenters. The predicted molar refractivity (Wildman–Crippen MR) is 65.9 cm³/mol. The predicted octanol–water partition coefficient (Wildman–Crippen LogP) is 2.01. The van der Waals surface area contributed by atoms with Crippen molar-refractivity contribution in [3.05, 3.63) is 47.0 Å². The van der Waals surface area contributed by atoms with E-state index in [4.69, 9.17) is 16.7 Å². The molecule has 0 amide bonds. The fourth-order valence-electron chi connectivity index (χ4n) is 1.47. The molecular formula is C11H10ClInO2. The third-order valence-corrected chi connectivity index (χ3v) is 2.40. The molecule has 1 N–H and O–H groups in total. The van der Waals surface area contributed by atoms with Crippen molar-refractivity contribution in [2.24, 2.45) is 0 Å². The zero-order chi connectivity index (χ0) is 10.1. The van der Waals surface area contributed by atoms with E-state index >= 15 is 0 Å². The van der Waals surface area contributed by atoms with Crippen molar-refractivity contribution in [3.63, 3.8) is 0 Å². The molecule has 4 heteroatoms. The summed E-state index contributed by atoms with van der Waals surface area (Å²) in [5, 5.41) is 10.9. The van der Waals surface area contributed by atoms with E-state index in [1.165, 1.54) is 0 Å². The SMILES string of the molecule is O=C(O)c1cccc2cccc(Cl)c12.[InH3]. The Balaban J connectivity index is 0.00000112. The van der Waals surface area contributed by atoms with E-state index in [0.717, 1.165) is 5.39 Å². The van der Waals surface area contributed by atoms with Crippen LogP contribution < -0.4 is 0 Å². The number of fused-ring (bicyclic) bond motifs is 1. The second kappa shape index (κ2) is 4.90. The van der Waals surface area contributed by atoms with Gasteiger partial charge in [0.05, 0.1) is 5.56 Å². The van der Waals surface area contributed by atoms with Crippen LogP contribution >= 0.6 is 11.6 Å². The summed E-state index contributed by atoms with van der Waals surface area (Å²) in [4.78, 5) is 10.9. The quantitative estimate of drug-likeness (QED) is 0.871. The Kier molecular flexibility index (Phi) is 4.05. The van der Waals surface area contributed by atoms with Gasteiger partial charge in [-0.1, -0.05) is 35.9 Å². The van der Waals surface area contributed by atoms with E-state index in [9.17, 15) is 4.79 Å². The first kappa shape index (κ1) is 12.4. The van der Waals surface area contributed by atoms with Crippen LogP contribution in [0.1, 0.15) is 10.4 Å². The van der Waals surface area contributed by atoms with Crippen LogP contribution in [-0.2, 0) is 0 Å². The second-order valence-electron chi connectivity index (χ2n) is 2.95. The molecule has 15 heavy (non-hydrogen) atoms. The number of carboxylic acid groups (broad SMARTS) is 1. The molecule has 2 aromatic carbocycles. The number of hydrogen-bond acceptors (Lipinski definition) is 1. The fourth-order valence-corrected chi connectivity index (χ4v) is 1.76. The van der Waals surface area contributed by atoms with Crippen LogP contribution in [-0.4, -0.2) is 36.9 Å². The van der Waals surface area contributed by atoms with E-state index in [1.54, 1.807) is 24.3 Å². The van der Waals surface area contributed by atoms with Crippen LogP contribution in [0.5, 0.6) is 0 Å². The van der Waals surface area contributed by atoms with Gasteiger partial charge in [0.2, 0.25) is 0 Å². The third kappa shape index (κ3) is 2.29. The topological polar surface area (TPSA) is 37.3 Å². The van der Waals surface area contributed by atoms with Crippen LogP contribution in [0.3, 0.4) is 0 Å². The summed E-state index contributed by atoms with van der Waals surface area (Å²) in [6.07, 6.45) is 0. The summed E-state index contributed by atoms with van der Waals surface area (Å²) >= 11 is 5.94. The number of aromatic carboxylic acids is 1. The Hall–Kier alpha value is -0.670. The molecule has 0 bridgehead atoms. The number of rotatable bonds is 1. The molecule has 0 saturated carbocycles. The standard InChI is InChI=1S/C11H7ClO2.In.3H/c12-9-6-2-4-7-3-1-5-8(10(7)9)11(13)14;;;;/h1-6H,(H,13,14);;;;. The van der Waals surface area contributed by atoms with E-state index in [2.05, 4.69) is 0 Å². The zero-order valence-corrected chi connectivity index (χ0v) is 7.95. The fraction of sp³-hybridized carbons (Fsp3) is 0. The van der Waals surface area contributed by atoms with Crippen molar-refractivity contribution in [1.29, 1.82) is 0 Å². The Morgan fingerprint density at radius 2 is 1.73 bits per heavy atom. The number of hydrogen-bond donors (Lipinski definition) is 1. The molecule has 76 valence electrons. The molecule has 0 fully saturated rings. The second-order valence-corrected chi connectivity index (χ2v) is 3.36. The first-order valence-corrected chi connectivity index (χ1v) is 4.48. The van der Waals surface area contributed by atoms with Gasteiger partial charge < -0.3 is 5.11 Å². The van der Waals surface area contributed by atoms with Crippen LogP contribution in [0.4, 0.5) is 0 Å². The van der Waals surface area contributed by atoms with Gasteiger partial charge >= 0.3 is 31.8 Å². The van der Waals surface area contributed by atoms with Gasteiger partial charge in [-0.2, -0.15) is 0 Å². The summed E-state index contributed by atoms with van der Waals surface area (Å²) in [6, 6.07) is 10.4. The summed E-state index contributed by atoms with van der Waals surface area (Å²) < 4.78 is 0. The molecule has 0 radical (unpaired) electrons. The molecule has 0 saturated heterocycles. The normalized spacial score (nSPS) is 9.67. The number of carboxylic acids is 1. The average molecular weight is 324 g/mol. The molecule has 0 heterocycles. The molecule has 0 spiro atoms. The van der Waals surface area contributed by atoms with Gasteiger partial charge in [0.15, 0.2) is 0 Å². The van der Waals surface area contributed by atoms with Crippen molar-refractivity contribution in [2.45, 2.75) is 0 Å². The van der Waals surface area contributed by atoms with Crippen molar-refractivity contribution in [3.8, 4) is 0 Å². The summed E-state index contributed by atoms with van der Waals surface area (Å²) in [5.74, 6) is -0.955. The molecule has 0 aromatic heterocycles. The third-order valence-electron chi connectivity index (χ3n) is 2.08. The molecule has 0 aliphatic carbocycles. The number of benzene rings is 2. The Bertz CT molecular complexity index is 506. The van der Waals surface area contributed by atoms with Gasteiger partial charge in [0.1, 0.15) is 0 Å². The van der Waals surface area contributed by atoms with Gasteiger partial charge in [0, 0.05) is 10.4 Å². The minimum atomic E-state index is -0.955. The summed E-state index contributed by atoms with van der Waals surface area (Å²) in [6.45, 7) is 0. The monoisotopic (exact) mass is 324 g/mol. The van der Waals surface area contributed by atoms with Gasteiger partial charge in [0.25, 0.3) is 0 Å². The van der Waals surface area contributed by atoms with Gasteiger partial charge in [-0.3, -0.25) is 0 Å². The first-order valence-electron chi connectivity index (χ1n) is 4.10. The van der Waals surface area contributed by atoms with Crippen LogP contribution in [0.2, 0.25) is 5.02 Å². The number of halogens is 1. The molecule has 0 aliphatic rings. The Morgan fingerprint density at radius 3 is 2.33 bits per heavy atom. The zero-order valence-electron chi connectivity index (χ0n) is 7.20. The molecule has 0 aliphatic heterocycles. The molecule has 0 atom stereocenters. The number of carbonyl (C=O) groups is 1. The van der Waals surface area contributed by atoms with Gasteiger partial charge in [-0.15, -0.1) is 0 Å². The van der Waals surface area contributed by atoms with E-state index in [0.29, 0.717) is 10.4 Å². The van der Waals surface area contributed by atoms with Crippen molar-refractivity contribution in [1.82, 2.24) is 0 Å². The maximum absolute atomic E-state index is 10.9.